The van der Waals surface area contributed by atoms with Crippen LogP contribution in [-0.4, -0.2) is 18.3 Å². The van der Waals surface area contributed by atoms with Crippen LogP contribution in [0.15, 0.2) is 12.1 Å². The van der Waals surface area contributed by atoms with E-state index >= 15 is 0 Å². The van der Waals surface area contributed by atoms with Gasteiger partial charge in [0.05, 0.1) is 11.2 Å². The van der Waals surface area contributed by atoms with Crippen molar-refractivity contribution in [3.63, 3.8) is 0 Å². The van der Waals surface area contributed by atoms with E-state index < -0.39 is 0 Å². The van der Waals surface area contributed by atoms with Crippen LogP contribution < -0.4 is 5.46 Å². The lowest BCUT2D eigenvalue weighted by Gasteiger charge is -2.56. The molecule has 1 aliphatic heterocycles. The van der Waals surface area contributed by atoms with Gasteiger partial charge in [0, 0.05) is 5.41 Å². The molecule has 0 amide bonds. The molecule has 0 spiro atoms. The molecule has 2 nitrogen and oxygen atoms in total. The Bertz CT molecular complexity index is 836. The first-order valence-electron chi connectivity index (χ1n) is 11.3. The van der Waals surface area contributed by atoms with E-state index in [-0.39, 0.29) is 45.4 Å². The number of hydrogen-bond donors (Lipinski definition) is 0. The first-order valence-corrected chi connectivity index (χ1v) is 11.3. The van der Waals surface area contributed by atoms with Gasteiger partial charge in [-0.15, -0.1) is 0 Å². The van der Waals surface area contributed by atoms with E-state index in [4.69, 9.17) is 9.31 Å². The average molecular weight is 396 g/mol. The molecule has 1 saturated heterocycles. The van der Waals surface area contributed by atoms with Gasteiger partial charge >= 0.3 is 7.12 Å². The summed E-state index contributed by atoms with van der Waals surface area (Å²) in [6.45, 7) is 30.7. The molecule has 0 radical (unpaired) electrons. The monoisotopic (exact) mass is 396 g/mol. The van der Waals surface area contributed by atoms with E-state index in [2.05, 4.69) is 102 Å². The molecular formula is C26H41BO2. The van der Waals surface area contributed by atoms with Crippen LogP contribution in [0, 0.1) is 10.8 Å². The van der Waals surface area contributed by atoms with Crippen molar-refractivity contribution in [3.05, 3.63) is 28.8 Å². The molecule has 29 heavy (non-hydrogen) atoms. The van der Waals surface area contributed by atoms with E-state index in [0.717, 1.165) is 0 Å². The Balaban J connectivity index is 2.00. The topological polar surface area (TPSA) is 18.5 Å². The molecule has 1 aromatic carbocycles. The van der Waals surface area contributed by atoms with Crippen molar-refractivity contribution in [2.75, 3.05) is 0 Å². The summed E-state index contributed by atoms with van der Waals surface area (Å²) in [7, 11) is -0.313. The molecule has 0 N–H and O–H groups in total. The van der Waals surface area contributed by atoms with Crippen molar-refractivity contribution in [2.24, 2.45) is 10.8 Å². The third-order valence-electron chi connectivity index (χ3n) is 11.2. The molecule has 4 rings (SSSR count). The van der Waals surface area contributed by atoms with Crippen LogP contribution in [0.5, 0.6) is 0 Å². The minimum Gasteiger partial charge on any atom is -0.399 e. The molecule has 3 aliphatic rings. The van der Waals surface area contributed by atoms with Gasteiger partial charge in [-0.1, -0.05) is 74.4 Å². The van der Waals surface area contributed by atoms with Gasteiger partial charge in [-0.2, -0.15) is 0 Å². The molecular weight excluding hydrogens is 355 g/mol. The van der Waals surface area contributed by atoms with Crippen molar-refractivity contribution in [2.45, 2.75) is 117 Å². The highest BCUT2D eigenvalue weighted by Crippen LogP contribution is 2.75. The van der Waals surface area contributed by atoms with Gasteiger partial charge in [-0.25, -0.2) is 0 Å². The second-order valence-electron chi connectivity index (χ2n) is 13.2. The first kappa shape index (κ1) is 21.4. The minimum absolute atomic E-state index is 0.0687. The van der Waals surface area contributed by atoms with E-state index in [1.807, 2.05) is 0 Å². The molecule has 0 aromatic heterocycles. The summed E-state index contributed by atoms with van der Waals surface area (Å²) in [5.41, 5.74) is 5.59. The van der Waals surface area contributed by atoms with Crippen LogP contribution in [0.2, 0.25) is 0 Å². The zero-order chi connectivity index (χ0) is 22.2. The third-order valence-corrected chi connectivity index (χ3v) is 11.2. The third kappa shape index (κ3) is 2.03. The average Bonchev–Trinajstić information content (AvgIpc) is 2.90. The highest BCUT2D eigenvalue weighted by molar-refractivity contribution is 6.62. The molecule has 160 valence electrons. The van der Waals surface area contributed by atoms with Crippen LogP contribution in [-0.2, 0) is 25.6 Å². The summed E-state index contributed by atoms with van der Waals surface area (Å²) in [6, 6.07) is 4.82. The summed E-state index contributed by atoms with van der Waals surface area (Å²) in [4.78, 5) is 0. The largest absolute Gasteiger partial charge is 0.494 e. The minimum atomic E-state index is -0.324. The Kier molecular flexibility index (Phi) is 3.81. The van der Waals surface area contributed by atoms with Gasteiger partial charge < -0.3 is 9.31 Å². The van der Waals surface area contributed by atoms with Crippen LogP contribution in [0.1, 0.15) is 107 Å². The normalized spacial score (nSPS) is 30.4. The second kappa shape index (κ2) is 5.15. The maximum Gasteiger partial charge on any atom is 0.494 e. The Morgan fingerprint density at radius 3 is 1.28 bits per heavy atom. The fourth-order valence-corrected chi connectivity index (χ4v) is 6.63. The van der Waals surface area contributed by atoms with Gasteiger partial charge in [0.25, 0.3) is 0 Å². The van der Waals surface area contributed by atoms with E-state index in [9.17, 15) is 0 Å². The summed E-state index contributed by atoms with van der Waals surface area (Å²) in [5, 5.41) is 0. The highest BCUT2D eigenvalue weighted by atomic mass is 16.7. The van der Waals surface area contributed by atoms with Crippen LogP contribution >= 0.6 is 0 Å². The predicted octanol–water partition coefficient (Wildman–Crippen LogP) is 5.88. The smallest absolute Gasteiger partial charge is 0.399 e. The molecule has 0 saturated carbocycles. The zero-order valence-corrected chi connectivity index (χ0v) is 21.0. The standard InChI is InChI=1S/C26H41BO2/c1-20(2)17-14-16(27-28-24(9,10)25(11,12)29-27)15-18-19(17)26(13,22(20,5)6)23(7,8)21(18,3)4/h14-15H,1-13H3. The predicted molar refractivity (Wildman–Crippen MR) is 123 cm³/mol. The van der Waals surface area contributed by atoms with Gasteiger partial charge in [0.2, 0.25) is 0 Å². The van der Waals surface area contributed by atoms with Gasteiger partial charge in [-0.3, -0.25) is 0 Å². The van der Waals surface area contributed by atoms with E-state index in [0.29, 0.717) is 0 Å². The summed E-state index contributed by atoms with van der Waals surface area (Å²) in [6.07, 6.45) is 0. The first-order chi connectivity index (χ1) is 12.8. The van der Waals surface area contributed by atoms with Crippen LogP contribution in [0.4, 0.5) is 0 Å². The molecule has 1 fully saturated rings. The van der Waals surface area contributed by atoms with Crippen LogP contribution in [0.25, 0.3) is 0 Å². The van der Waals surface area contributed by atoms with Crippen molar-refractivity contribution in [3.8, 4) is 0 Å². The quantitative estimate of drug-likeness (QED) is 0.552. The summed E-state index contributed by atoms with van der Waals surface area (Å²) in [5.74, 6) is 0. The Hall–Kier alpha value is -0.795. The molecule has 0 atom stereocenters. The second-order valence-corrected chi connectivity index (χ2v) is 13.2. The maximum absolute atomic E-state index is 6.47. The molecule has 0 unspecified atom stereocenters. The summed E-state index contributed by atoms with van der Waals surface area (Å²) < 4.78 is 12.9. The lowest BCUT2D eigenvalue weighted by atomic mass is 9.47. The SMILES string of the molecule is CC1(C)OB(c2cc3c4c(c2)C(C)(C)C(C)(C)C4(C)C(C)(C)C3(C)C)OC1(C)C. The van der Waals surface area contributed by atoms with Gasteiger partial charge in [0.15, 0.2) is 0 Å². The Morgan fingerprint density at radius 1 is 0.586 bits per heavy atom. The van der Waals surface area contributed by atoms with E-state index in [1.165, 1.54) is 16.6 Å². The van der Waals surface area contributed by atoms with Gasteiger partial charge in [-0.05, 0) is 71.5 Å². The van der Waals surface area contributed by atoms with Crippen molar-refractivity contribution < 1.29 is 9.31 Å². The van der Waals surface area contributed by atoms with Crippen molar-refractivity contribution in [1.29, 1.82) is 0 Å². The summed E-state index contributed by atoms with van der Waals surface area (Å²) >= 11 is 0. The Labute approximate surface area is 179 Å². The fraction of sp³-hybridized carbons (Fsp3) is 0.769. The maximum atomic E-state index is 6.47. The molecule has 1 aromatic rings. The highest BCUT2D eigenvalue weighted by Gasteiger charge is 2.72. The molecule has 2 aliphatic carbocycles. The fourth-order valence-electron chi connectivity index (χ4n) is 6.63. The lowest BCUT2D eigenvalue weighted by Crippen LogP contribution is -2.55. The number of benzene rings is 1. The molecule has 0 bridgehead atoms. The van der Waals surface area contributed by atoms with Crippen molar-refractivity contribution in [1.82, 2.24) is 0 Å². The van der Waals surface area contributed by atoms with E-state index in [1.54, 1.807) is 5.56 Å². The Morgan fingerprint density at radius 2 is 0.931 bits per heavy atom. The zero-order valence-electron chi connectivity index (χ0n) is 21.0. The van der Waals surface area contributed by atoms with Crippen LogP contribution in [0.3, 0.4) is 0 Å². The number of hydrogen-bond acceptors (Lipinski definition) is 2. The lowest BCUT2D eigenvalue weighted by molar-refractivity contribution is -0.0105. The van der Waals surface area contributed by atoms with Crippen molar-refractivity contribution >= 4 is 12.6 Å². The van der Waals surface area contributed by atoms with Gasteiger partial charge in [0.1, 0.15) is 0 Å². The molecule has 3 heteroatoms. The number of rotatable bonds is 1. The molecule has 1 heterocycles.